The van der Waals surface area contributed by atoms with E-state index in [4.69, 9.17) is 10.2 Å². The van der Waals surface area contributed by atoms with Crippen molar-refractivity contribution in [1.82, 2.24) is 19.7 Å². The lowest BCUT2D eigenvalue weighted by Crippen LogP contribution is -2.27. The van der Waals surface area contributed by atoms with Gasteiger partial charge >= 0.3 is 0 Å². The van der Waals surface area contributed by atoms with Crippen LogP contribution in [-0.2, 0) is 6.54 Å². The summed E-state index contributed by atoms with van der Waals surface area (Å²) in [6.45, 7) is 3.05. The van der Waals surface area contributed by atoms with Crippen molar-refractivity contribution in [2.24, 2.45) is 0 Å². The molecular weight excluding hydrogens is 314 g/mol. The number of carbonyl (C=O) groups excluding carboxylic acids is 1. The van der Waals surface area contributed by atoms with Gasteiger partial charge in [0.05, 0.1) is 35.3 Å². The zero-order valence-corrected chi connectivity index (χ0v) is 14.3. The summed E-state index contributed by atoms with van der Waals surface area (Å²) in [4.78, 5) is 19.2. The van der Waals surface area contributed by atoms with Crippen molar-refractivity contribution in [2.45, 2.75) is 19.9 Å². The van der Waals surface area contributed by atoms with E-state index in [0.717, 1.165) is 16.6 Å². The van der Waals surface area contributed by atoms with Gasteiger partial charge in [0, 0.05) is 25.7 Å². The van der Waals surface area contributed by atoms with E-state index in [1.54, 1.807) is 22.8 Å². The quantitative estimate of drug-likeness (QED) is 0.719. The van der Waals surface area contributed by atoms with Gasteiger partial charge in [-0.1, -0.05) is 30.3 Å². The maximum atomic E-state index is 12.9. The Labute approximate surface area is 146 Å². The van der Waals surface area contributed by atoms with Gasteiger partial charge in [0.25, 0.3) is 5.91 Å². The van der Waals surface area contributed by atoms with Crippen LogP contribution in [0.3, 0.4) is 0 Å². The molecule has 0 spiro atoms. The maximum Gasteiger partial charge on any atom is 0.254 e. The average molecular weight is 333 g/mol. The molecule has 0 atom stereocenters. The number of carbonyl (C=O) groups is 1. The fraction of sp³-hybridized carbons (Fsp3) is 0.263. The standard InChI is InChI=1S/C19H19N5O/c1-3-24-18-16(13-21-24)15(19(25)23(2)11-7-10-20)12-17(22-18)14-8-5-4-6-9-14/h4-6,8-9,12-13H,3,7,11H2,1-2H3. The highest BCUT2D eigenvalue weighted by Crippen LogP contribution is 2.25. The van der Waals surface area contributed by atoms with Gasteiger partial charge in [-0.05, 0) is 13.0 Å². The molecule has 0 aliphatic heterocycles. The summed E-state index contributed by atoms with van der Waals surface area (Å²) < 4.78 is 1.79. The van der Waals surface area contributed by atoms with Crippen molar-refractivity contribution in [3.05, 3.63) is 48.2 Å². The predicted octanol–water partition coefficient (Wildman–Crippen LogP) is 3.10. The lowest BCUT2D eigenvalue weighted by atomic mass is 10.1. The fourth-order valence-corrected chi connectivity index (χ4v) is 2.74. The number of pyridine rings is 1. The summed E-state index contributed by atoms with van der Waals surface area (Å²) in [5, 5.41) is 13.8. The van der Waals surface area contributed by atoms with Gasteiger partial charge in [-0.25, -0.2) is 9.67 Å². The van der Waals surface area contributed by atoms with Crippen LogP contribution in [0.25, 0.3) is 22.3 Å². The van der Waals surface area contributed by atoms with Gasteiger partial charge in [-0.15, -0.1) is 0 Å². The van der Waals surface area contributed by atoms with E-state index in [1.807, 2.05) is 43.3 Å². The third kappa shape index (κ3) is 3.22. The summed E-state index contributed by atoms with van der Waals surface area (Å²) in [6.07, 6.45) is 1.99. The van der Waals surface area contributed by atoms with Crippen LogP contribution in [0.5, 0.6) is 0 Å². The molecule has 6 nitrogen and oxygen atoms in total. The monoisotopic (exact) mass is 333 g/mol. The van der Waals surface area contributed by atoms with E-state index in [-0.39, 0.29) is 5.91 Å². The molecule has 3 aromatic rings. The smallest absolute Gasteiger partial charge is 0.254 e. The number of benzene rings is 1. The molecule has 126 valence electrons. The number of fused-ring (bicyclic) bond motifs is 1. The van der Waals surface area contributed by atoms with Crippen molar-refractivity contribution < 1.29 is 4.79 Å². The fourth-order valence-electron chi connectivity index (χ4n) is 2.74. The number of aromatic nitrogens is 3. The summed E-state index contributed by atoms with van der Waals surface area (Å²) in [7, 11) is 1.71. The van der Waals surface area contributed by atoms with Gasteiger partial charge in [0.2, 0.25) is 0 Å². The van der Waals surface area contributed by atoms with E-state index in [9.17, 15) is 4.79 Å². The van der Waals surface area contributed by atoms with Gasteiger partial charge in [-0.2, -0.15) is 10.4 Å². The zero-order valence-electron chi connectivity index (χ0n) is 14.3. The molecule has 0 unspecified atom stereocenters. The first-order valence-electron chi connectivity index (χ1n) is 8.20. The van der Waals surface area contributed by atoms with Crippen LogP contribution < -0.4 is 0 Å². The molecule has 0 aliphatic rings. The van der Waals surface area contributed by atoms with Crippen LogP contribution in [0.1, 0.15) is 23.7 Å². The van der Waals surface area contributed by atoms with Crippen LogP contribution in [0.15, 0.2) is 42.6 Å². The Bertz CT molecular complexity index is 940. The Morgan fingerprint density at radius 1 is 1.32 bits per heavy atom. The molecule has 3 rings (SSSR count). The predicted molar refractivity (Wildman–Crippen MR) is 95.8 cm³/mol. The van der Waals surface area contributed by atoms with Crippen molar-refractivity contribution in [1.29, 1.82) is 5.26 Å². The SMILES string of the molecule is CCn1ncc2c(C(=O)N(C)CCC#N)cc(-c3ccccc3)nc21. The number of nitrogens with zero attached hydrogens (tertiary/aromatic N) is 5. The molecule has 0 aliphatic carbocycles. The number of hydrogen-bond acceptors (Lipinski definition) is 4. The lowest BCUT2D eigenvalue weighted by Gasteiger charge is -2.16. The number of aryl methyl sites for hydroxylation is 1. The molecule has 2 aromatic heterocycles. The second kappa shape index (κ2) is 7.14. The van der Waals surface area contributed by atoms with Crippen molar-refractivity contribution in [3.8, 4) is 17.3 Å². The van der Waals surface area contributed by atoms with E-state index in [0.29, 0.717) is 30.7 Å². The first kappa shape index (κ1) is 16.7. The molecule has 0 saturated carbocycles. The minimum absolute atomic E-state index is 0.129. The van der Waals surface area contributed by atoms with Gasteiger partial charge in [0.1, 0.15) is 0 Å². The largest absolute Gasteiger partial charge is 0.341 e. The van der Waals surface area contributed by atoms with Crippen molar-refractivity contribution in [2.75, 3.05) is 13.6 Å². The van der Waals surface area contributed by atoms with E-state index < -0.39 is 0 Å². The molecule has 0 radical (unpaired) electrons. The molecule has 2 heterocycles. The lowest BCUT2D eigenvalue weighted by molar-refractivity contribution is 0.0800. The topological polar surface area (TPSA) is 74.8 Å². The number of hydrogen-bond donors (Lipinski definition) is 0. The highest BCUT2D eigenvalue weighted by atomic mass is 16.2. The van der Waals surface area contributed by atoms with Gasteiger partial charge < -0.3 is 4.90 Å². The molecule has 0 N–H and O–H groups in total. The molecule has 0 saturated heterocycles. The van der Waals surface area contributed by atoms with Gasteiger partial charge in [0.15, 0.2) is 5.65 Å². The Hall–Kier alpha value is -3.20. The Morgan fingerprint density at radius 3 is 2.76 bits per heavy atom. The number of rotatable bonds is 5. The van der Waals surface area contributed by atoms with Crippen LogP contribution in [0, 0.1) is 11.3 Å². The third-order valence-corrected chi connectivity index (χ3v) is 4.11. The molecular formula is C19H19N5O. The van der Waals surface area contributed by atoms with Crippen molar-refractivity contribution in [3.63, 3.8) is 0 Å². The highest BCUT2D eigenvalue weighted by molar-refractivity contribution is 6.06. The molecule has 25 heavy (non-hydrogen) atoms. The summed E-state index contributed by atoms with van der Waals surface area (Å²) in [5.41, 5.74) is 2.94. The van der Waals surface area contributed by atoms with E-state index >= 15 is 0 Å². The maximum absolute atomic E-state index is 12.9. The molecule has 1 amide bonds. The molecule has 6 heteroatoms. The third-order valence-electron chi connectivity index (χ3n) is 4.11. The Kier molecular flexibility index (Phi) is 4.75. The summed E-state index contributed by atoms with van der Waals surface area (Å²) in [6, 6.07) is 13.6. The first-order valence-corrected chi connectivity index (χ1v) is 8.20. The molecule has 1 aromatic carbocycles. The zero-order chi connectivity index (χ0) is 17.8. The van der Waals surface area contributed by atoms with Crippen molar-refractivity contribution >= 4 is 16.9 Å². The highest BCUT2D eigenvalue weighted by Gasteiger charge is 2.19. The second-order valence-electron chi connectivity index (χ2n) is 5.75. The van der Waals surface area contributed by atoms with Crippen LogP contribution in [0.2, 0.25) is 0 Å². The minimum Gasteiger partial charge on any atom is -0.341 e. The molecule has 0 fully saturated rings. The molecule has 0 bridgehead atoms. The Balaban J connectivity index is 2.15. The van der Waals surface area contributed by atoms with Gasteiger partial charge in [-0.3, -0.25) is 4.79 Å². The normalized spacial score (nSPS) is 10.6. The first-order chi connectivity index (χ1) is 12.2. The van der Waals surface area contributed by atoms with Crippen LogP contribution in [-0.4, -0.2) is 39.2 Å². The average Bonchev–Trinajstić information content (AvgIpc) is 3.08. The minimum atomic E-state index is -0.129. The second-order valence-corrected chi connectivity index (χ2v) is 5.75. The van der Waals surface area contributed by atoms with E-state index in [1.165, 1.54) is 0 Å². The van der Waals surface area contributed by atoms with E-state index in [2.05, 4.69) is 11.2 Å². The van der Waals surface area contributed by atoms with Crippen LogP contribution >= 0.6 is 0 Å². The number of nitriles is 1. The summed E-state index contributed by atoms with van der Waals surface area (Å²) in [5.74, 6) is -0.129. The van der Waals surface area contributed by atoms with Crippen LogP contribution in [0.4, 0.5) is 0 Å². The summed E-state index contributed by atoms with van der Waals surface area (Å²) >= 11 is 0. The number of amides is 1. The Morgan fingerprint density at radius 2 is 2.08 bits per heavy atom.